The summed E-state index contributed by atoms with van der Waals surface area (Å²) in [5.41, 5.74) is 4.01. The second-order valence-electron chi connectivity index (χ2n) is 6.01. The molecule has 0 aromatic heterocycles. The van der Waals surface area contributed by atoms with E-state index in [0.717, 1.165) is 30.6 Å². The van der Waals surface area contributed by atoms with E-state index in [1.54, 1.807) is 0 Å². The van der Waals surface area contributed by atoms with Crippen molar-refractivity contribution in [3.05, 3.63) is 23.3 Å². The van der Waals surface area contributed by atoms with Gasteiger partial charge in [-0.05, 0) is 38.8 Å². The highest BCUT2D eigenvalue weighted by Gasteiger charge is 2.26. The van der Waals surface area contributed by atoms with Gasteiger partial charge in [0.1, 0.15) is 17.6 Å². The molecule has 7 heteroatoms. The fourth-order valence-corrected chi connectivity index (χ4v) is 2.53. The molecule has 1 aromatic rings. The minimum atomic E-state index is -0.776. The van der Waals surface area contributed by atoms with E-state index in [2.05, 4.69) is 15.8 Å². The van der Waals surface area contributed by atoms with Crippen LogP contribution < -0.4 is 20.2 Å². The Bertz CT molecular complexity index is 683. The van der Waals surface area contributed by atoms with Gasteiger partial charge in [-0.2, -0.15) is 5.10 Å². The van der Waals surface area contributed by atoms with E-state index in [1.165, 1.54) is 6.21 Å². The third kappa shape index (κ3) is 3.84. The molecule has 0 unspecified atom stereocenters. The largest absolute Gasteiger partial charge is 0.493 e. The van der Waals surface area contributed by atoms with Crippen LogP contribution in [0.15, 0.2) is 17.2 Å². The number of benzene rings is 1. The number of nitrogens with zero attached hydrogens (tertiary/aromatic N) is 1. The van der Waals surface area contributed by atoms with E-state index in [-0.39, 0.29) is 12.1 Å². The number of hydrazone groups is 1. The van der Waals surface area contributed by atoms with Crippen molar-refractivity contribution in [3.63, 3.8) is 0 Å². The van der Waals surface area contributed by atoms with Crippen LogP contribution >= 0.6 is 0 Å². The maximum absolute atomic E-state index is 11.6. The molecule has 2 aliphatic rings. The van der Waals surface area contributed by atoms with Crippen LogP contribution in [0.4, 0.5) is 0 Å². The van der Waals surface area contributed by atoms with Crippen molar-refractivity contribution in [2.75, 3.05) is 6.61 Å². The normalized spacial score (nSPS) is 18.8. The standard InChI is InChI=1S/C17H21N3O4/c1-3-23-14-7-11-6-10(2)24-15(11)8-12(14)9-18-20-17(22)16(21)19-13-4-5-13/h7-10,13H,3-6H2,1-2H3,(H,19,21)(H,20,22)/b18-9-/t10-/m0/s1. The molecule has 0 bridgehead atoms. The summed E-state index contributed by atoms with van der Waals surface area (Å²) in [5, 5.41) is 6.46. The molecule has 1 heterocycles. The van der Waals surface area contributed by atoms with Crippen LogP contribution in [0, 0.1) is 0 Å². The van der Waals surface area contributed by atoms with Crippen LogP contribution in [0.3, 0.4) is 0 Å². The number of carbonyl (C=O) groups excluding carboxylic acids is 2. The highest BCUT2D eigenvalue weighted by Crippen LogP contribution is 2.34. The van der Waals surface area contributed by atoms with E-state index in [9.17, 15) is 9.59 Å². The summed E-state index contributed by atoms with van der Waals surface area (Å²) in [6, 6.07) is 3.90. The minimum absolute atomic E-state index is 0.132. The van der Waals surface area contributed by atoms with Gasteiger partial charge in [-0.1, -0.05) is 0 Å². The summed E-state index contributed by atoms with van der Waals surface area (Å²) in [5.74, 6) is 0.0347. The summed E-state index contributed by atoms with van der Waals surface area (Å²) >= 11 is 0. The average Bonchev–Trinajstić information content (AvgIpc) is 3.27. The molecule has 24 heavy (non-hydrogen) atoms. The van der Waals surface area contributed by atoms with Crippen LogP contribution in [-0.4, -0.2) is 36.8 Å². The number of carbonyl (C=O) groups is 2. The Morgan fingerprint density at radius 1 is 1.38 bits per heavy atom. The van der Waals surface area contributed by atoms with Gasteiger partial charge in [0.15, 0.2) is 0 Å². The summed E-state index contributed by atoms with van der Waals surface area (Å²) in [4.78, 5) is 23.2. The first kappa shape index (κ1) is 16.3. The lowest BCUT2D eigenvalue weighted by molar-refractivity contribution is -0.139. The number of fused-ring (bicyclic) bond motifs is 1. The molecular formula is C17H21N3O4. The van der Waals surface area contributed by atoms with Crippen molar-refractivity contribution >= 4 is 18.0 Å². The fourth-order valence-electron chi connectivity index (χ4n) is 2.53. The van der Waals surface area contributed by atoms with Gasteiger partial charge in [-0.3, -0.25) is 9.59 Å². The molecule has 1 aromatic carbocycles. The molecule has 128 valence electrons. The molecule has 1 aliphatic heterocycles. The summed E-state index contributed by atoms with van der Waals surface area (Å²) in [6.07, 6.45) is 4.28. The van der Waals surface area contributed by atoms with Crippen molar-refractivity contribution in [2.45, 2.75) is 45.3 Å². The third-order valence-corrected chi connectivity index (χ3v) is 3.82. The first-order valence-corrected chi connectivity index (χ1v) is 8.17. The topological polar surface area (TPSA) is 89.0 Å². The number of rotatable bonds is 5. The highest BCUT2D eigenvalue weighted by atomic mass is 16.5. The van der Waals surface area contributed by atoms with Crippen LogP contribution in [0.1, 0.15) is 37.8 Å². The lowest BCUT2D eigenvalue weighted by Crippen LogP contribution is -2.38. The number of hydrogen-bond donors (Lipinski definition) is 2. The summed E-state index contributed by atoms with van der Waals surface area (Å²) in [7, 11) is 0. The zero-order valence-electron chi connectivity index (χ0n) is 13.8. The zero-order valence-corrected chi connectivity index (χ0v) is 13.8. The van der Waals surface area contributed by atoms with Crippen molar-refractivity contribution in [1.29, 1.82) is 0 Å². The van der Waals surface area contributed by atoms with Gasteiger partial charge in [0.25, 0.3) is 0 Å². The number of ether oxygens (including phenoxy) is 2. The second-order valence-corrected chi connectivity index (χ2v) is 6.01. The van der Waals surface area contributed by atoms with Gasteiger partial charge >= 0.3 is 11.8 Å². The SMILES string of the molecule is CCOc1cc2c(cc1/C=N\NC(=O)C(=O)NC1CC1)O[C@@H](C)C2. The Morgan fingerprint density at radius 2 is 2.17 bits per heavy atom. The van der Waals surface area contributed by atoms with E-state index in [1.807, 2.05) is 26.0 Å². The summed E-state index contributed by atoms with van der Waals surface area (Å²) in [6.45, 7) is 4.43. The Labute approximate surface area is 140 Å². The van der Waals surface area contributed by atoms with Crippen molar-refractivity contribution in [2.24, 2.45) is 5.10 Å². The molecule has 2 amide bonds. The van der Waals surface area contributed by atoms with E-state index in [4.69, 9.17) is 9.47 Å². The second kappa shape index (κ2) is 6.90. The first-order chi connectivity index (χ1) is 11.6. The maximum atomic E-state index is 11.6. The van der Waals surface area contributed by atoms with Gasteiger partial charge in [0.05, 0.1) is 12.8 Å². The van der Waals surface area contributed by atoms with E-state index >= 15 is 0 Å². The predicted molar refractivity (Wildman–Crippen MR) is 88.3 cm³/mol. The molecule has 1 saturated carbocycles. The van der Waals surface area contributed by atoms with E-state index in [0.29, 0.717) is 17.9 Å². The maximum Gasteiger partial charge on any atom is 0.329 e. The van der Waals surface area contributed by atoms with Gasteiger partial charge in [-0.25, -0.2) is 5.43 Å². The molecule has 0 saturated heterocycles. The Balaban J connectivity index is 1.67. The molecule has 7 nitrogen and oxygen atoms in total. The van der Waals surface area contributed by atoms with Gasteiger partial charge in [0, 0.05) is 23.6 Å². The van der Waals surface area contributed by atoms with Crippen LogP contribution in [-0.2, 0) is 16.0 Å². The molecule has 1 aliphatic carbocycles. The van der Waals surface area contributed by atoms with Crippen molar-refractivity contribution in [1.82, 2.24) is 10.7 Å². The Morgan fingerprint density at radius 3 is 2.88 bits per heavy atom. The van der Waals surface area contributed by atoms with Gasteiger partial charge in [0.2, 0.25) is 0 Å². The molecule has 3 rings (SSSR count). The van der Waals surface area contributed by atoms with Crippen LogP contribution in [0.5, 0.6) is 11.5 Å². The highest BCUT2D eigenvalue weighted by molar-refractivity contribution is 6.35. The average molecular weight is 331 g/mol. The molecule has 0 spiro atoms. The predicted octanol–water partition coefficient (Wildman–Crippen LogP) is 1.14. The molecule has 1 atom stereocenters. The Hall–Kier alpha value is -2.57. The number of nitrogens with one attached hydrogen (secondary N) is 2. The fraction of sp³-hybridized carbons (Fsp3) is 0.471. The Kier molecular flexibility index (Phi) is 4.69. The lowest BCUT2D eigenvalue weighted by Gasteiger charge is -2.09. The smallest absolute Gasteiger partial charge is 0.329 e. The molecule has 0 radical (unpaired) electrons. The number of amides is 2. The molecular weight excluding hydrogens is 310 g/mol. The first-order valence-electron chi connectivity index (χ1n) is 8.17. The monoisotopic (exact) mass is 331 g/mol. The minimum Gasteiger partial charge on any atom is -0.493 e. The molecule has 1 fully saturated rings. The van der Waals surface area contributed by atoms with Gasteiger partial charge in [-0.15, -0.1) is 0 Å². The van der Waals surface area contributed by atoms with Crippen molar-refractivity contribution in [3.8, 4) is 11.5 Å². The van der Waals surface area contributed by atoms with E-state index < -0.39 is 11.8 Å². The quantitative estimate of drug-likeness (QED) is 0.481. The number of hydrogen-bond acceptors (Lipinski definition) is 5. The lowest BCUT2D eigenvalue weighted by atomic mass is 10.1. The summed E-state index contributed by atoms with van der Waals surface area (Å²) < 4.78 is 11.4. The van der Waals surface area contributed by atoms with Gasteiger partial charge < -0.3 is 14.8 Å². The zero-order chi connectivity index (χ0) is 17.1. The van der Waals surface area contributed by atoms with Crippen molar-refractivity contribution < 1.29 is 19.1 Å². The van der Waals surface area contributed by atoms with Crippen LogP contribution in [0.2, 0.25) is 0 Å². The third-order valence-electron chi connectivity index (χ3n) is 3.82. The molecule has 2 N–H and O–H groups in total. The van der Waals surface area contributed by atoms with Crippen LogP contribution in [0.25, 0.3) is 0 Å².